The van der Waals surface area contributed by atoms with Gasteiger partial charge in [-0.2, -0.15) is 0 Å². The molecule has 172 valence electrons. The maximum Gasteiger partial charge on any atom is 0.290 e. The van der Waals surface area contributed by atoms with E-state index < -0.39 is 6.10 Å². The van der Waals surface area contributed by atoms with Crippen molar-refractivity contribution in [1.29, 1.82) is 0 Å². The van der Waals surface area contributed by atoms with Crippen LogP contribution in [0.2, 0.25) is 0 Å². The van der Waals surface area contributed by atoms with Crippen LogP contribution < -0.4 is 5.32 Å². The number of aryl methyl sites for hydroxylation is 1. The first-order valence-corrected chi connectivity index (χ1v) is 11.6. The van der Waals surface area contributed by atoms with Crippen molar-refractivity contribution in [2.24, 2.45) is 11.8 Å². The van der Waals surface area contributed by atoms with Crippen molar-refractivity contribution in [2.45, 2.75) is 58.7 Å². The summed E-state index contributed by atoms with van der Waals surface area (Å²) < 4.78 is 7.26. The molecule has 1 aliphatic heterocycles. The van der Waals surface area contributed by atoms with Gasteiger partial charge in [-0.15, -0.1) is 0 Å². The Morgan fingerprint density at radius 2 is 2.06 bits per heavy atom. The van der Waals surface area contributed by atoms with Gasteiger partial charge in [0.1, 0.15) is 0 Å². The van der Waals surface area contributed by atoms with Gasteiger partial charge in [-0.3, -0.25) is 4.79 Å². The molecule has 1 aromatic carbocycles. The second kappa shape index (κ2) is 11.1. The van der Waals surface area contributed by atoms with Crippen molar-refractivity contribution in [3.8, 4) is 0 Å². The fourth-order valence-corrected chi connectivity index (χ4v) is 4.46. The molecule has 0 bridgehead atoms. The first-order chi connectivity index (χ1) is 14.9. The molecular formula is C24H38N4O3. The molecular weight excluding hydrogens is 392 g/mol. The number of aliphatic hydroxyl groups excluding tert-OH is 1. The highest BCUT2D eigenvalue weighted by atomic mass is 16.5. The number of carbonyl (C=O) groups is 1. The predicted octanol–water partition coefficient (Wildman–Crippen LogP) is 2.92. The predicted molar refractivity (Wildman–Crippen MR) is 123 cm³/mol. The number of hydrogen-bond acceptors (Lipinski definition) is 5. The van der Waals surface area contributed by atoms with Crippen molar-refractivity contribution in [1.82, 2.24) is 19.8 Å². The van der Waals surface area contributed by atoms with Gasteiger partial charge in [0.2, 0.25) is 0 Å². The lowest BCUT2D eigenvalue weighted by Gasteiger charge is -2.39. The first-order valence-electron chi connectivity index (χ1n) is 11.6. The second-order valence-corrected chi connectivity index (χ2v) is 9.18. The Hall–Kier alpha value is -1.96. The van der Waals surface area contributed by atoms with Gasteiger partial charge in [-0.1, -0.05) is 26.0 Å². The number of nitrogens with one attached hydrogen (secondary N) is 1. The number of aliphatic hydroxyl groups is 1. The van der Waals surface area contributed by atoms with Gasteiger partial charge in [-0.25, -0.2) is 4.98 Å². The fourth-order valence-electron chi connectivity index (χ4n) is 4.46. The lowest BCUT2D eigenvalue weighted by atomic mass is 9.90. The van der Waals surface area contributed by atoms with Gasteiger partial charge in [0, 0.05) is 45.9 Å². The molecule has 0 radical (unpaired) electrons. The number of piperidine rings is 1. The third-order valence-electron chi connectivity index (χ3n) is 6.13. The smallest absolute Gasteiger partial charge is 0.290 e. The normalized spacial score (nSPS) is 20.3. The zero-order chi connectivity index (χ0) is 22.4. The van der Waals surface area contributed by atoms with E-state index in [0.717, 1.165) is 49.9 Å². The summed E-state index contributed by atoms with van der Waals surface area (Å²) in [7, 11) is 1.71. The summed E-state index contributed by atoms with van der Waals surface area (Å²) in [6, 6.07) is 8.01. The molecule has 1 unspecified atom stereocenters. The van der Waals surface area contributed by atoms with Crippen LogP contribution in [0.5, 0.6) is 0 Å². The van der Waals surface area contributed by atoms with Crippen LogP contribution in [0.15, 0.2) is 24.3 Å². The average Bonchev–Trinajstić information content (AvgIpc) is 3.13. The van der Waals surface area contributed by atoms with Crippen LogP contribution in [0, 0.1) is 11.8 Å². The van der Waals surface area contributed by atoms with Crippen molar-refractivity contribution < 1.29 is 14.6 Å². The molecule has 2 heterocycles. The highest BCUT2D eigenvalue weighted by molar-refractivity contribution is 5.95. The molecule has 0 saturated carbocycles. The minimum Gasteiger partial charge on any atom is -0.393 e. The maximum absolute atomic E-state index is 13.9. The number of aromatic nitrogens is 2. The van der Waals surface area contributed by atoms with Gasteiger partial charge in [0.15, 0.2) is 5.82 Å². The first kappa shape index (κ1) is 23.7. The Morgan fingerprint density at radius 1 is 1.29 bits per heavy atom. The zero-order valence-corrected chi connectivity index (χ0v) is 19.4. The summed E-state index contributed by atoms with van der Waals surface area (Å²) in [6.07, 6.45) is 2.27. The van der Waals surface area contributed by atoms with Crippen LogP contribution in [0.25, 0.3) is 11.0 Å². The maximum atomic E-state index is 13.9. The number of methoxy groups -OCH3 is 1. The Labute approximate surface area is 185 Å². The molecule has 2 aromatic rings. The highest BCUT2D eigenvalue weighted by Crippen LogP contribution is 2.24. The average molecular weight is 431 g/mol. The summed E-state index contributed by atoms with van der Waals surface area (Å²) in [4.78, 5) is 20.6. The Bertz CT molecular complexity index is 848. The Morgan fingerprint density at radius 3 is 2.77 bits per heavy atom. The molecule has 1 saturated heterocycles. The van der Waals surface area contributed by atoms with E-state index in [1.165, 1.54) is 0 Å². The summed E-state index contributed by atoms with van der Waals surface area (Å²) in [5.74, 6) is 0.984. The summed E-state index contributed by atoms with van der Waals surface area (Å²) in [5, 5.41) is 13.5. The topological polar surface area (TPSA) is 79.6 Å². The Kier molecular flexibility index (Phi) is 8.46. The van der Waals surface area contributed by atoms with E-state index in [0.29, 0.717) is 24.9 Å². The molecule has 2 N–H and O–H groups in total. The van der Waals surface area contributed by atoms with E-state index in [4.69, 9.17) is 9.72 Å². The number of amides is 1. The van der Waals surface area contributed by atoms with E-state index in [2.05, 4.69) is 23.7 Å². The van der Waals surface area contributed by atoms with Crippen LogP contribution in [0.4, 0.5) is 0 Å². The molecule has 0 spiro atoms. The molecule has 1 fully saturated rings. The van der Waals surface area contributed by atoms with Gasteiger partial charge in [0.05, 0.1) is 17.1 Å². The van der Waals surface area contributed by atoms with Gasteiger partial charge < -0.3 is 24.6 Å². The van der Waals surface area contributed by atoms with Crippen LogP contribution in [0.3, 0.4) is 0 Å². The van der Waals surface area contributed by atoms with Crippen molar-refractivity contribution >= 4 is 16.9 Å². The van der Waals surface area contributed by atoms with E-state index >= 15 is 0 Å². The number of hydrogen-bond donors (Lipinski definition) is 2. The zero-order valence-electron chi connectivity index (χ0n) is 19.4. The van der Waals surface area contributed by atoms with E-state index in [-0.39, 0.29) is 17.9 Å². The number of imidazole rings is 1. The minimum absolute atomic E-state index is 0.0188. The number of unbranched alkanes of at least 4 members (excludes halogenated alkanes) is 1. The summed E-state index contributed by atoms with van der Waals surface area (Å²) in [6.45, 7) is 9.76. The minimum atomic E-state index is -0.392. The standard InChI is InChI=1S/C24H38N4O3/c1-17(2)16-28(20-13-19(18(3)29)14-25-15-20)24(30)23-26-21-9-5-6-10-22(21)27(23)11-7-8-12-31-4/h5-6,9-10,17-20,25,29H,7-8,11-16H2,1-4H3/t18-,19?,20+/m1/s1. The highest BCUT2D eigenvalue weighted by Gasteiger charge is 2.34. The molecule has 0 aliphatic carbocycles. The molecule has 1 aliphatic rings. The van der Waals surface area contributed by atoms with E-state index in [1.807, 2.05) is 36.1 Å². The summed E-state index contributed by atoms with van der Waals surface area (Å²) >= 11 is 0. The van der Waals surface area contributed by atoms with Crippen LogP contribution >= 0.6 is 0 Å². The number of carbonyl (C=O) groups excluding carboxylic acids is 1. The van der Waals surface area contributed by atoms with Gasteiger partial charge in [-0.05, 0) is 50.2 Å². The SMILES string of the molecule is COCCCCn1c(C(=O)N(CC(C)C)[C@@H]2CNCC([C@@H](C)O)C2)nc2ccccc21. The molecule has 1 amide bonds. The third-order valence-corrected chi connectivity index (χ3v) is 6.13. The lowest BCUT2D eigenvalue weighted by Crippen LogP contribution is -2.54. The largest absolute Gasteiger partial charge is 0.393 e. The number of ether oxygens (including phenoxy) is 1. The van der Waals surface area contributed by atoms with Gasteiger partial charge in [0.25, 0.3) is 5.91 Å². The number of nitrogens with zero attached hydrogens (tertiary/aromatic N) is 3. The van der Waals surface area contributed by atoms with Crippen molar-refractivity contribution in [2.75, 3.05) is 33.4 Å². The number of para-hydroxylation sites is 2. The van der Waals surface area contributed by atoms with E-state index in [1.54, 1.807) is 7.11 Å². The van der Waals surface area contributed by atoms with Gasteiger partial charge >= 0.3 is 0 Å². The van der Waals surface area contributed by atoms with Crippen molar-refractivity contribution in [3.05, 3.63) is 30.1 Å². The lowest BCUT2D eigenvalue weighted by molar-refractivity contribution is 0.0435. The molecule has 31 heavy (non-hydrogen) atoms. The number of benzene rings is 1. The number of fused-ring (bicyclic) bond motifs is 1. The van der Waals surface area contributed by atoms with Crippen LogP contribution in [0.1, 0.15) is 50.7 Å². The monoisotopic (exact) mass is 430 g/mol. The van der Waals surface area contributed by atoms with Crippen molar-refractivity contribution in [3.63, 3.8) is 0 Å². The Balaban J connectivity index is 1.91. The van der Waals surface area contributed by atoms with E-state index in [9.17, 15) is 9.90 Å². The third kappa shape index (κ3) is 5.84. The molecule has 3 rings (SSSR count). The second-order valence-electron chi connectivity index (χ2n) is 9.18. The molecule has 3 atom stereocenters. The molecule has 7 nitrogen and oxygen atoms in total. The molecule has 7 heteroatoms. The summed E-state index contributed by atoms with van der Waals surface area (Å²) in [5.41, 5.74) is 1.85. The fraction of sp³-hybridized carbons (Fsp3) is 0.667. The molecule has 1 aromatic heterocycles. The van der Waals surface area contributed by atoms with Crippen LogP contribution in [-0.4, -0.2) is 71.0 Å². The van der Waals surface area contributed by atoms with Crippen LogP contribution in [-0.2, 0) is 11.3 Å². The number of rotatable bonds is 10. The quantitative estimate of drug-likeness (QED) is 0.567.